The monoisotopic (exact) mass is 415 g/mol. The van der Waals surface area contributed by atoms with Crippen LogP contribution in [0.5, 0.6) is 5.75 Å². The van der Waals surface area contributed by atoms with E-state index >= 15 is 0 Å². The number of aryl methyl sites for hydroxylation is 1. The fraction of sp³-hybridized carbons (Fsp3) is 0.222. The van der Waals surface area contributed by atoms with E-state index in [1.807, 2.05) is 32.0 Å². The third-order valence-corrected chi connectivity index (χ3v) is 3.95. The number of hydrazine groups is 1. The van der Waals surface area contributed by atoms with E-state index in [9.17, 15) is 22.4 Å². The molecule has 0 aliphatic carbocycles. The highest BCUT2D eigenvalue weighted by Crippen LogP contribution is 2.27. The van der Waals surface area contributed by atoms with Crippen molar-refractivity contribution in [2.24, 2.45) is 0 Å². The Hall–Kier alpha value is -2.88. The number of nitrogens with one attached hydrogen (secondary N) is 3. The minimum absolute atomic E-state index is 0.0930. The summed E-state index contributed by atoms with van der Waals surface area (Å²) in [5.74, 6) is -1.30. The molecule has 0 saturated heterocycles. The van der Waals surface area contributed by atoms with Crippen molar-refractivity contribution in [3.05, 3.63) is 59.2 Å². The Bertz CT molecular complexity index is 878. The number of rotatable bonds is 5. The van der Waals surface area contributed by atoms with Gasteiger partial charge in [-0.2, -0.15) is 17.6 Å². The summed E-state index contributed by atoms with van der Waals surface area (Å²) in [5.41, 5.74) is 7.43. The number of carbonyl (C=O) groups excluding carboxylic acids is 1. The van der Waals surface area contributed by atoms with Gasteiger partial charge in [-0.1, -0.05) is 18.2 Å². The van der Waals surface area contributed by atoms with Gasteiger partial charge in [-0.15, -0.1) is 0 Å². The second-order valence-electron chi connectivity index (χ2n) is 5.77. The van der Waals surface area contributed by atoms with E-state index in [2.05, 4.69) is 20.9 Å². The van der Waals surface area contributed by atoms with Crippen molar-refractivity contribution in [2.45, 2.75) is 26.4 Å². The van der Waals surface area contributed by atoms with E-state index in [1.54, 1.807) is 0 Å². The maximum atomic E-state index is 13.0. The average molecular weight is 415 g/mol. The van der Waals surface area contributed by atoms with Gasteiger partial charge in [0.25, 0.3) is 5.91 Å². The number of ether oxygens (including phenoxy) is 1. The van der Waals surface area contributed by atoms with Crippen molar-refractivity contribution in [3.63, 3.8) is 0 Å². The summed E-state index contributed by atoms with van der Waals surface area (Å²) in [5, 5.41) is 3.01. The van der Waals surface area contributed by atoms with Gasteiger partial charge in [0.15, 0.2) is 5.11 Å². The lowest BCUT2D eigenvalue weighted by molar-refractivity contribution is -0.253. The summed E-state index contributed by atoms with van der Waals surface area (Å²) >= 11 is 5.09. The third-order valence-electron chi connectivity index (χ3n) is 3.75. The maximum Gasteiger partial charge on any atom is 0.461 e. The Morgan fingerprint density at radius 3 is 2.46 bits per heavy atom. The van der Waals surface area contributed by atoms with Crippen LogP contribution in [-0.4, -0.2) is 23.6 Å². The van der Waals surface area contributed by atoms with Crippen molar-refractivity contribution >= 4 is 28.9 Å². The molecule has 0 aliphatic heterocycles. The Morgan fingerprint density at radius 1 is 1.11 bits per heavy atom. The number of carbonyl (C=O) groups is 1. The van der Waals surface area contributed by atoms with Gasteiger partial charge < -0.3 is 10.1 Å². The number of anilines is 1. The molecule has 0 spiro atoms. The highest BCUT2D eigenvalue weighted by molar-refractivity contribution is 7.80. The Labute approximate surface area is 164 Å². The first-order valence-corrected chi connectivity index (χ1v) is 8.39. The molecule has 2 aromatic rings. The molecule has 0 bridgehead atoms. The lowest BCUT2D eigenvalue weighted by atomic mass is 10.1. The smallest absolute Gasteiger partial charge is 0.428 e. The average Bonchev–Trinajstić information content (AvgIpc) is 2.63. The number of hydrogen-bond donors (Lipinski definition) is 3. The number of thiocarbonyl (C=S) groups is 1. The van der Waals surface area contributed by atoms with Gasteiger partial charge in [-0.3, -0.25) is 15.6 Å². The van der Waals surface area contributed by atoms with Crippen LogP contribution in [0, 0.1) is 13.8 Å². The summed E-state index contributed by atoms with van der Waals surface area (Å²) in [7, 11) is 0. The molecule has 5 nitrogen and oxygen atoms in total. The molecule has 28 heavy (non-hydrogen) atoms. The van der Waals surface area contributed by atoms with Gasteiger partial charge in [0.05, 0.1) is 0 Å². The number of halogens is 4. The standard InChI is InChI=1S/C18H17F4N3O2S/c1-10-5-3-8-14(11(10)2)23-17(28)25-24-15(26)12-6-4-7-13(9-12)27-18(21,22)16(19)20/h3-9,16H,1-2H3,(H,24,26)(H2,23,25,28). The molecule has 0 fully saturated rings. The number of hydrogen-bond acceptors (Lipinski definition) is 3. The molecule has 2 rings (SSSR count). The molecular formula is C18H17F4N3O2S. The van der Waals surface area contributed by atoms with E-state index in [0.717, 1.165) is 28.9 Å². The van der Waals surface area contributed by atoms with Crippen LogP contribution in [-0.2, 0) is 0 Å². The molecule has 150 valence electrons. The Kier molecular flexibility index (Phi) is 6.79. The maximum absolute atomic E-state index is 13.0. The van der Waals surface area contributed by atoms with Crippen molar-refractivity contribution in [1.29, 1.82) is 0 Å². The van der Waals surface area contributed by atoms with Gasteiger partial charge >= 0.3 is 12.5 Å². The minimum Gasteiger partial charge on any atom is -0.428 e. The van der Waals surface area contributed by atoms with E-state index in [-0.39, 0.29) is 10.7 Å². The highest BCUT2D eigenvalue weighted by atomic mass is 32.1. The van der Waals surface area contributed by atoms with Crippen molar-refractivity contribution in [3.8, 4) is 5.75 Å². The van der Waals surface area contributed by atoms with Gasteiger partial charge in [-0.25, -0.2) is 0 Å². The molecule has 10 heteroatoms. The van der Waals surface area contributed by atoms with Crippen LogP contribution < -0.4 is 20.9 Å². The lowest BCUT2D eigenvalue weighted by Crippen LogP contribution is -2.43. The predicted molar refractivity (Wildman–Crippen MR) is 101 cm³/mol. The van der Waals surface area contributed by atoms with Crippen LogP contribution in [0.25, 0.3) is 0 Å². The summed E-state index contributed by atoms with van der Waals surface area (Å²) in [6, 6.07) is 10.0. The fourth-order valence-electron chi connectivity index (χ4n) is 2.13. The summed E-state index contributed by atoms with van der Waals surface area (Å²) in [6.45, 7) is 3.84. The molecule has 0 saturated carbocycles. The zero-order chi connectivity index (χ0) is 20.9. The SMILES string of the molecule is Cc1cccc(NC(=S)NNC(=O)c2cccc(OC(F)(F)C(F)F)c2)c1C. The van der Waals surface area contributed by atoms with Crippen molar-refractivity contribution in [1.82, 2.24) is 10.9 Å². The van der Waals surface area contributed by atoms with Gasteiger partial charge in [0, 0.05) is 11.3 Å². The molecule has 0 atom stereocenters. The zero-order valence-corrected chi connectivity index (χ0v) is 15.7. The molecule has 0 unspecified atom stereocenters. The topological polar surface area (TPSA) is 62.4 Å². The first-order chi connectivity index (χ1) is 13.1. The van der Waals surface area contributed by atoms with Crippen molar-refractivity contribution < 1.29 is 27.1 Å². The van der Waals surface area contributed by atoms with Gasteiger partial charge in [0.2, 0.25) is 0 Å². The molecule has 2 aromatic carbocycles. The number of alkyl halides is 4. The molecular weight excluding hydrogens is 398 g/mol. The van der Waals surface area contributed by atoms with Gasteiger partial charge in [-0.05, 0) is 61.5 Å². The molecule has 0 aliphatic rings. The highest BCUT2D eigenvalue weighted by Gasteiger charge is 2.44. The first-order valence-electron chi connectivity index (χ1n) is 7.98. The van der Waals surface area contributed by atoms with Crippen molar-refractivity contribution in [2.75, 3.05) is 5.32 Å². The van der Waals surface area contributed by atoms with Crippen LogP contribution in [0.15, 0.2) is 42.5 Å². The number of amides is 1. The molecule has 0 aromatic heterocycles. The van der Waals surface area contributed by atoms with E-state index in [4.69, 9.17) is 12.2 Å². The third kappa shape index (κ3) is 5.56. The minimum atomic E-state index is -4.66. The number of benzene rings is 2. The van der Waals surface area contributed by atoms with E-state index < -0.39 is 24.2 Å². The Morgan fingerprint density at radius 2 is 1.79 bits per heavy atom. The lowest BCUT2D eigenvalue weighted by Gasteiger charge is -2.17. The Balaban J connectivity index is 1.97. The van der Waals surface area contributed by atoms with Crippen LogP contribution in [0.2, 0.25) is 0 Å². The van der Waals surface area contributed by atoms with Crippen LogP contribution in [0.3, 0.4) is 0 Å². The second kappa shape index (κ2) is 8.87. The summed E-state index contributed by atoms with van der Waals surface area (Å²) < 4.78 is 54.3. The van der Waals surface area contributed by atoms with Gasteiger partial charge in [0.1, 0.15) is 5.75 Å². The molecule has 1 amide bonds. The largest absolute Gasteiger partial charge is 0.461 e. The van der Waals surface area contributed by atoms with E-state index in [1.165, 1.54) is 12.1 Å². The zero-order valence-electron chi connectivity index (χ0n) is 14.9. The predicted octanol–water partition coefficient (Wildman–Crippen LogP) is 4.17. The van der Waals surface area contributed by atoms with Crippen LogP contribution in [0.4, 0.5) is 23.2 Å². The van der Waals surface area contributed by atoms with E-state index in [0.29, 0.717) is 0 Å². The fourth-order valence-corrected chi connectivity index (χ4v) is 2.29. The normalized spacial score (nSPS) is 11.1. The molecule has 0 heterocycles. The first kappa shape index (κ1) is 21.4. The van der Waals surface area contributed by atoms with Crippen LogP contribution in [0.1, 0.15) is 21.5 Å². The summed E-state index contributed by atoms with van der Waals surface area (Å²) in [6.07, 6.45) is -8.66. The molecule has 3 N–H and O–H groups in total. The second-order valence-corrected chi connectivity index (χ2v) is 6.18. The quantitative estimate of drug-likeness (QED) is 0.389. The summed E-state index contributed by atoms with van der Waals surface area (Å²) in [4.78, 5) is 12.1. The molecule has 0 radical (unpaired) electrons. The van der Waals surface area contributed by atoms with Crippen LogP contribution >= 0.6 is 12.2 Å².